The zero-order valence-corrected chi connectivity index (χ0v) is 12.3. The monoisotopic (exact) mass is 272 g/mol. The van der Waals surface area contributed by atoms with Crippen LogP contribution in [0, 0.1) is 12.8 Å². The van der Waals surface area contributed by atoms with Gasteiger partial charge in [-0.1, -0.05) is 37.6 Å². The molecule has 1 rings (SSSR count). The first-order valence-electron chi connectivity index (χ1n) is 6.00. The molecule has 0 aromatic heterocycles. The molecule has 0 aliphatic carbocycles. The standard InChI is InChI=1S/C14H21ClOS/c1-10(2)8-17-9-13(16)7-12-5-4-11(3)6-14(12)15/h4-6,10,13,16H,7-9H2,1-3H3. The zero-order chi connectivity index (χ0) is 12.8. The molecule has 17 heavy (non-hydrogen) atoms. The lowest BCUT2D eigenvalue weighted by Crippen LogP contribution is -2.14. The van der Waals surface area contributed by atoms with Gasteiger partial charge < -0.3 is 5.11 Å². The van der Waals surface area contributed by atoms with Crippen molar-refractivity contribution in [1.82, 2.24) is 0 Å². The van der Waals surface area contributed by atoms with Gasteiger partial charge in [-0.15, -0.1) is 0 Å². The SMILES string of the molecule is Cc1ccc(CC(O)CSCC(C)C)c(Cl)c1. The third kappa shape index (κ3) is 5.80. The van der Waals surface area contributed by atoms with Crippen molar-refractivity contribution in [3.63, 3.8) is 0 Å². The molecule has 0 bridgehead atoms. The molecule has 1 aromatic carbocycles. The number of aliphatic hydroxyl groups excluding tert-OH is 1. The van der Waals surface area contributed by atoms with Crippen LogP contribution in [0.25, 0.3) is 0 Å². The average molecular weight is 273 g/mol. The molecule has 1 unspecified atom stereocenters. The van der Waals surface area contributed by atoms with E-state index in [1.807, 2.05) is 25.1 Å². The van der Waals surface area contributed by atoms with Gasteiger partial charge in [0.15, 0.2) is 0 Å². The maximum atomic E-state index is 9.93. The predicted octanol–water partition coefficient (Wildman–Crippen LogP) is 3.94. The quantitative estimate of drug-likeness (QED) is 0.846. The van der Waals surface area contributed by atoms with E-state index in [9.17, 15) is 5.11 Å². The van der Waals surface area contributed by atoms with Crippen LogP contribution in [0.2, 0.25) is 5.02 Å². The van der Waals surface area contributed by atoms with Crippen molar-refractivity contribution in [2.24, 2.45) is 5.92 Å². The summed E-state index contributed by atoms with van der Waals surface area (Å²) < 4.78 is 0. The van der Waals surface area contributed by atoms with Gasteiger partial charge in [0, 0.05) is 17.2 Å². The van der Waals surface area contributed by atoms with E-state index in [1.165, 1.54) is 0 Å². The van der Waals surface area contributed by atoms with E-state index in [0.29, 0.717) is 12.3 Å². The molecule has 1 nitrogen and oxygen atoms in total. The highest BCUT2D eigenvalue weighted by Crippen LogP contribution is 2.20. The van der Waals surface area contributed by atoms with Crippen LogP contribution < -0.4 is 0 Å². The molecule has 1 atom stereocenters. The second kappa shape index (κ2) is 7.30. The van der Waals surface area contributed by atoms with Gasteiger partial charge in [-0.2, -0.15) is 11.8 Å². The Bertz CT molecular complexity index is 352. The second-order valence-corrected chi connectivity index (χ2v) is 6.37. The van der Waals surface area contributed by atoms with Gasteiger partial charge in [0.05, 0.1) is 6.10 Å². The molecule has 3 heteroatoms. The van der Waals surface area contributed by atoms with E-state index < -0.39 is 0 Å². The Labute approximate surface area is 114 Å². The summed E-state index contributed by atoms with van der Waals surface area (Å²) in [5.74, 6) is 2.55. The van der Waals surface area contributed by atoms with Gasteiger partial charge in [0.25, 0.3) is 0 Å². The van der Waals surface area contributed by atoms with E-state index in [1.54, 1.807) is 11.8 Å². The van der Waals surface area contributed by atoms with E-state index in [0.717, 1.165) is 27.7 Å². The van der Waals surface area contributed by atoms with E-state index in [4.69, 9.17) is 11.6 Å². The van der Waals surface area contributed by atoms with Crippen LogP contribution in [0.1, 0.15) is 25.0 Å². The molecule has 0 heterocycles. The Kier molecular flexibility index (Phi) is 6.39. The number of aryl methyl sites for hydroxylation is 1. The fraction of sp³-hybridized carbons (Fsp3) is 0.571. The van der Waals surface area contributed by atoms with Crippen LogP contribution in [0.15, 0.2) is 18.2 Å². The van der Waals surface area contributed by atoms with Gasteiger partial charge in [-0.05, 0) is 35.8 Å². The van der Waals surface area contributed by atoms with Crippen LogP contribution in [0.5, 0.6) is 0 Å². The van der Waals surface area contributed by atoms with E-state index in [-0.39, 0.29) is 6.10 Å². The zero-order valence-electron chi connectivity index (χ0n) is 10.7. The summed E-state index contributed by atoms with van der Waals surface area (Å²) in [6.07, 6.45) is 0.337. The summed E-state index contributed by atoms with van der Waals surface area (Å²) >= 11 is 7.94. The molecular weight excluding hydrogens is 252 g/mol. The van der Waals surface area contributed by atoms with Crippen molar-refractivity contribution in [3.8, 4) is 0 Å². The lowest BCUT2D eigenvalue weighted by molar-refractivity contribution is 0.200. The number of aliphatic hydroxyl groups is 1. The summed E-state index contributed by atoms with van der Waals surface area (Å²) in [6, 6.07) is 5.99. The van der Waals surface area contributed by atoms with E-state index in [2.05, 4.69) is 13.8 Å². The third-order valence-electron chi connectivity index (χ3n) is 2.43. The van der Waals surface area contributed by atoms with Crippen molar-refractivity contribution >= 4 is 23.4 Å². The molecule has 0 aliphatic rings. The second-order valence-electron chi connectivity index (χ2n) is 4.88. The van der Waals surface area contributed by atoms with Crippen molar-refractivity contribution < 1.29 is 5.11 Å². The van der Waals surface area contributed by atoms with Crippen LogP contribution in [0.3, 0.4) is 0 Å². The fourth-order valence-electron chi connectivity index (χ4n) is 1.57. The normalized spacial score (nSPS) is 13.1. The summed E-state index contributed by atoms with van der Waals surface area (Å²) in [5.41, 5.74) is 2.19. The largest absolute Gasteiger partial charge is 0.392 e. The summed E-state index contributed by atoms with van der Waals surface area (Å²) in [5, 5.41) is 10.7. The molecule has 0 spiro atoms. The van der Waals surface area contributed by atoms with Crippen LogP contribution in [-0.4, -0.2) is 22.7 Å². The van der Waals surface area contributed by atoms with Gasteiger partial charge in [-0.3, -0.25) is 0 Å². The number of benzene rings is 1. The maximum absolute atomic E-state index is 9.93. The topological polar surface area (TPSA) is 20.2 Å². The predicted molar refractivity (Wildman–Crippen MR) is 78.1 cm³/mol. The minimum atomic E-state index is -0.307. The Morgan fingerprint density at radius 3 is 2.59 bits per heavy atom. The molecule has 0 saturated heterocycles. The highest BCUT2D eigenvalue weighted by Gasteiger charge is 2.09. The molecule has 0 radical (unpaired) electrons. The lowest BCUT2D eigenvalue weighted by Gasteiger charge is -2.12. The summed E-state index contributed by atoms with van der Waals surface area (Å²) in [7, 11) is 0. The first-order chi connectivity index (χ1) is 7.99. The molecule has 0 saturated carbocycles. The maximum Gasteiger partial charge on any atom is 0.0671 e. The number of hydrogen-bond donors (Lipinski definition) is 1. The van der Waals surface area contributed by atoms with Gasteiger partial charge in [0.1, 0.15) is 0 Å². The number of rotatable bonds is 6. The van der Waals surface area contributed by atoms with Crippen molar-refractivity contribution in [1.29, 1.82) is 0 Å². The molecule has 0 fully saturated rings. The van der Waals surface area contributed by atoms with Crippen molar-refractivity contribution in [3.05, 3.63) is 34.3 Å². The van der Waals surface area contributed by atoms with Crippen molar-refractivity contribution in [2.75, 3.05) is 11.5 Å². The third-order valence-corrected chi connectivity index (χ3v) is 4.30. The highest BCUT2D eigenvalue weighted by atomic mass is 35.5. The Hall–Kier alpha value is -0.180. The molecule has 1 aromatic rings. The highest BCUT2D eigenvalue weighted by molar-refractivity contribution is 7.99. The van der Waals surface area contributed by atoms with Gasteiger partial charge >= 0.3 is 0 Å². The minimum absolute atomic E-state index is 0.307. The summed E-state index contributed by atoms with van der Waals surface area (Å²) in [6.45, 7) is 6.40. The summed E-state index contributed by atoms with van der Waals surface area (Å²) in [4.78, 5) is 0. The molecule has 0 aliphatic heterocycles. The molecule has 1 N–H and O–H groups in total. The van der Waals surface area contributed by atoms with E-state index >= 15 is 0 Å². The van der Waals surface area contributed by atoms with Gasteiger partial charge in [0.2, 0.25) is 0 Å². The smallest absolute Gasteiger partial charge is 0.0671 e. The molecule has 96 valence electrons. The van der Waals surface area contributed by atoms with Crippen molar-refractivity contribution in [2.45, 2.75) is 33.3 Å². The molecular formula is C14H21ClOS. The molecule has 0 amide bonds. The Balaban J connectivity index is 2.42. The number of thioether (sulfide) groups is 1. The number of hydrogen-bond acceptors (Lipinski definition) is 2. The Morgan fingerprint density at radius 2 is 2.00 bits per heavy atom. The minimum Gasteiger partial charge on any atom is -0.392 e. The number of halogens is 1. The van der Waals surface area contributed by atoms with Crippen LogP contribution in [0.4, 0.5) is 0 Å². The first kappa shape index (κ1) is 14.9. The lowest BCUT2D eigenvalue weighted by atomic mass is 10.1. The van der Waals surface area contributed by atoms with Gasteiger partial charge in [-0.25, -0.2) is 0 Å². The van der Waals surface area contributed by atoms with Crippen LogP contribution in [-0.2, 0) is 6.42 Å². The Morgan fingerprint density at radius 1 is 1.29 bits per heavy atom. The first-order valence-corrected chi connectivity index (χ1v) is 7.53. The van der Waals surface area contributed by atoms with Crippen LogP contribution >= 0.6 is 23.4 Å². The average Bonchev–Trinajstić information content (AvgIpc) is 2.21. The fourth-order valence-corrected chi connectivity index (χ4v) is 2.88.